The SMILES string of the molecule is C=C(OC)c1cc(C)n2ccc(C(C)=O)c2n1. The van der Waals surface area contributed by atoms with Crippen LogP contribution >= 0.6 is 0 Å². The molecule has 0 aliphatic carbocycles. The number of methoxy groups -OCH3 is 1. The van der Waals surface area contributed by atoms with Crippen LogP contribution in [0.4, 0.5) is 0 Å². The van der Waals surface area contributed by atoms with Crippen LogP contribution in [-0.4, -0.2) is 22.3 Å². The van der Waals surface area contributed by atoms with Crippen molar-refractivity contribution in [2.45, 2.75) is 13.8 Å². The molecule has 0 unspecified atom stereocenters. The lowest BCUT2D eigenvalue weighted by Gasteiger charge is -2.07. The molecular formula is C13H14N2O2. The topological polar surface area (TPSA) is 43.6 Å². The van der Waals surface area contributed by atoms with E-state index in [-0.39, 0.29) is 5.78 Å². The highest BCUT2D eigenvalue weighted by molar-refractivity contribution is 6.00. The van der Waals surface area contributed by atoms with Gasteiger partial charge in [0.05, 0.1) is 12.7 Å². The second kappa shape index (κ2) is 4.05. The van der Waals surface area contributed by atoms with Gasteiger partial charge in [-0.1, -0.05) is 6.58 Å². The fraction of sp³-hybridized carbons (Fsp3) is 0.231. The Bertz CT molecular complexity index is 611. The van der Waals surface area contributed by atoms with E-state index in [0.29, 0.717) is 22.7 Å². The number of hydrogen-bond donors (Lipinski definition) is 0. The molecule has 0 radical (unpaired) electrons. The van der Waals surface area contributed by atoms with Crippen molar-refractivity contribution in [1.29, 1.82) is 0 Å². The summed E-state index contributed by atoms with van der Waals surface area (Å²) in [5.74, 6) is 0.492. The van der Waals surface area contributed by atoms with Gasteiger partial charge in [-0.05, 0) is 26.0 Å². The van der Waals surface area contributed by atoms with Crippen LogP contribution in [-0.2, 0) is 4.74 Å². The van der Waals surface area contributed by atoms with E-state index >= 15 is 0 Å². The highest BCUT2D eigenvalue weighted by atomic mass is 16.5. The lowest BCUT2D eigenvalue weighted by atomic mass is 10.2. The number of ketones is 1. The van der Waals surface area contributed by atoms with Crippen LogP contribution in [0.1, 0.15) is 28.7 Å². The molecule has 0 bridgehead atoms. The summed E-state index contributed by atoms with van der Waals surface area (Å²) in [6.45, 7) is 7.25. The van der Waals surface area contributed by atoms with Crippen molar-refractivity contribution < 1.29 is 9.53 Å². The van der Waals surface area contributed by atoms with E-state index in [4.69, 9.17) is 4.74 Å². The molecule has 2 rings (SSSR count). The number of rotatable bonds is 3. The fourth-order valence-corrected chi connectivity index (χ4v) is 1.76. The molecule has 0 aliphatic heterocycles. The van der Waals surface area contributed by atoms with E-state index in [1.54, 1.807) is 13.2 Å². The molecule has 4 heteroatoms. The van der Waals surface area contributed by atoms with Gasteiger partial charge in [0.1, 0.15) is 17.1 Å². The van der Waals surface area contributed by atoms with Crippen LogP contribution in [0, 0.1) is 6.92 Å². The molecule has 0 amide bonds. The molecular weight excluding hydrogens is 216 g/mol. The predicted octanol–water partition coefficient (Wildman–Crippen LogP) is 2.46. The van der Waals surface area contributed by atoms with Crippen LogP contribution < -0.4 is 0 Å². The average molecular weight is 230 g/mol. The molecule has 0 aliphatic rings. The van der Waals surface area contributed by atoms with Crippen molar-refractivity contribution in [3.8, 4) is 0 Å². The van der Waals surface area contributed by atoms with Crippen molar-refractivity contribution in [3.63, 3.8) is 0 Å². The quantitative estimate of drug-likeness (QED) is 0.601. The summed E-state index contributed by atoms with van der Waals surface area (Å²) in [7, 11) is 1.55. The van der Waals surface area contributed by atoms with Crippen LogP contribution in [0.15, 0.2) is 24.9 Å². The molecule has 0 spiro atoms. The molecule has 0 N–H and O–H groups in total. The number of carbonyl (C=O) groups excluding carboxylic acids is 1. The summed E-state index contributed by atoms with van der Waals surface area (Å²) in [5.41, 5.74) is 2.89. The van der Waals surface area contributed by atoms with Crippen molar-refractivity contribution in [3.05, 3.63) is 41.9 Å². The number of aryl methyl sites for hydroxylation is 1. The number of aromatic nitrogens is 2. The number of nitrogens with zero attached hydrogens (tertiary/aromatic N) is 2. The third-order valence-electron chi connectivity index (χ3n) is 2.72. The van der Waals surface area contributed by atoms with Gasteiger partial charge in [0.15, 0.2) is 5.78 Å². The molecule has 17 heavy (non-hydrogen) atoms. The molecule has 0 saturated carbocycles. The lowest BCUT2D eigenvalue weighted by molar-refractivity contribution is 0.101. The van der Waals surface area contributed by atoms with Crippen LogP contribution in [0.25, 0.3) is 11.4 Å². The van der Waals surface area contributed by atoms with Gasteiger partial charge in [-0.25, -0.2) is 4.98 Å². The zero-order valence-electron chi connectivity index (χ0n) is 10.2. The van der Waals surface area contributed by atoms with Crippen molar-refractivity contribution in [1.82, 2.24) is 9.38 Å². The zero-order chi connectivity index (χ0) is 12.6. The molecule has 0 atom stereocenters. The first-order valence-corrected chi connectivity index (χ1v) is 5.27. The highest BCUT2D eigenvalue weighted by Crippen LogP contribution is 2.18. The number of fused-ring (bicyclic) bond motifs is 1. The summed E-state index contributed by atoms with van der Waals surface area (Å²) in [4.78, 5) is 15.9. The Morgan fingerprint density at radius 1 is 1.53 bits per heavy atom. The number of carbonyl (C=O) groups is 1. The molecule has 0 aromatic carbocycles. The van der Waals surface area contributed by atoms with E-state index in [1.165, 1.54) is 6.92 Å². The van der Waals surface area contributed by atoms with Gasteiger partial charge in [-0.2, -0.15) is 0 Å². The first kappa shape index (κ1) is 11.4. The van der Waals surface area contributed by atoms with Crippen molar-refractivity contribution in [2.24, 2.45) is 0 Å². The van der Waals surface area contributed by atoms with E-state index in [0.717, 1.165) is 5.69 Å². The number of Topliss-reactive ketones (excluding diaryl/α,β-unsaturated/α-hetero) is 1. The maximum absolute atomic E-state index is 11.5. The van der Waals surface area contributed by atoms with Crippen molar-refractivity contribution >= 4 is 17.2 Å². The summed E-state index contributed by atoms with van der Waals surface area (Å²) >= 11 is 0. The smallest absolute Gasteiger partial charge is 0.163 e. The maximum Gasteiger partial charge on any atom is 0.163 e. The van der Waals surface area contributed by atoms with Gasteiger partial charge >= 0.3 is 0 Å². The third kappa shape index (κ3) is 1.82. The minimum atomic E-state index is -0.000390. The summed E-state index contributed by atoms with van der Waals surface area (Å²) in [6.07, 6.45) is 1.84. The molecule has 0 saturated heterocycles. The predicted molar refractivity (Wildman–Crippen MR) is 66.0 cm³/mol. The Morgan fingerprint density at radius 2 is 2.24 bits per heavy atom. The zero-order valence-corrected chi connectivity index (χ0v) is 10.2. The minimum absolute atomic E-state index is 0.000390. The summed E-state index contributed by atoms with van der Waals surface area (Å²) in [5, 5.41) is 0. The lowest BCUT2D eigenvalue weighted by Crippen LogP contribution is -2.01. The minimum Gasteiger partial charge on any atom is -0.495 e. The Hall–Kier alpha value is -2.10. The highest BCUT2D eigenvalue weighted by Gasteiger charge is 2.12. The van der Waals surface area contributed by atoms with E-state index in [9.17, 15) is 4.79 Å². The van der Waals surface area contributed by atoms with Gasteiger partial charge in [0.25, 0.3) is 0 Å². The van der Waals surface area contributed by atoms with Gasteiger partial charge in [0, 0.05) is 11.9 Å². The number of hydrogen-bond acceptors (Lipinski definition) is 3. The normalized spacial score (nSPS) is 10.5. The second-order valence-electron chi connectivity index (χ2n) is 3.89. The Balaban J connectivity index is 2.73. The molecule has 2 aromatic rings. The first-order valence-electron chi connectivity index (χ1n) is 5.27. The van der Waals surface area contributed by atoms with Crippen LogP contribution in [0.2, 0.25) is 0 Å². The van der Waals surface area contributed by atoms with Crippen LogP contribution in [0.3, 0.4) is 0 Å². The fourth-order valence-electron chi connectivity index (χ4n) is 1.76. The van der Waals surface area contributed by atoms with Gasteiger partial charge in [0.2, 0.25) is 0 Å². The molecule has 4 nitrogen and oxygen atoms in total. The maximum atomic E-state index is 11.5. The van der Waals surface area contributed by atoms with Gasteiger partial charge < -0.3 is 9.14 Å². The van der Waals surface area contributed by atoms with E-state index in [2.05, 4.69) is 11.6 Å². The Kier molecular flexibility index (Phi) is 2.71. The van der Waals surface area contributed by atoms with Gasteiger partial charge in [-0.15, -0.1) is 0 Å². The monoisotopic (exact) mass is 230 g/mol. The standard InChI is InChI=1S/C13H14N2O2/c1-8-7-12(10(3)17-4)14-13-11(9(2)16)5-6-15(8)13/h5-7H,3H2,1-2,4H3. The average Bonchev–Trinajstić information content (AvgIpc) is 2.72. The molecule has 2 heterocycles. The Labute approximate surface area is 99.5 Å². The van der Waals surface area contributed by atoms with E-state index in [1.807, 2.05) is 23.6 Å². The Morgan fingerprint density at radius 3 is 2.82 bits per heavy atom. The van der Waals surface area contributed by atoms with Crippen molar-refractivity contribution in [2.75, 3.05) is 7.11 Å². The summed E-state index contributed by atoms with van der Waals surface area (Å²) in [6, 6.07) is 3.65. The van der Waals surface area contributed by atoms with Gasteiger partial charge in [-0.3, -0.25) is 4.79 Å². The molecule has 0 fully saturated rings. The largest absolute Gasteiger partial charge is 0.495 e. The van der Waals surface area contributed by atoms with E-state index < -0.39 is 0 Å². The second-order valence-corrected chi connectivity index (χ2v) is 3.89. The summed E-state index contributed by atoms with van der Waals surface area (Å²) < 4.78 is 6.94. The third-order valence-corrected chi connectivity index (χ3v) is 2.72. The molecule has 2 aromatic heterocycles. The van der Waals surface area contributed by atoms with Crippen LogP contribution in [0.5, 0.6) is 0 Å². The number of ether oxygens (including phenoxy) is 1. The first-order chi connectivity index (χ1) is 8.04. The molecule has 88 valence electrons.